The van der Waals surface area contributed by atoms with Crippen LogP contribution in [-0.4, -0.2) is 29.1 Å². The summed E-state index contributed by atoms with van der Waals surface area (Å²) in [4.78, 5) is 29.5. The molecule has 1 aromatic heterocycles. The average Bonchev–Trinajstić information content (AvgIpc) is 2.84. The number of benzene rings is 2. The number of thioether (sulfide) groups is 2. The minimum atomic E-state index is -0.0799. The molecule has 2 aromatic carbocycles. The molecule has 0 radical (unpaired) electrons. The minimum Gasteiger partial charge on any atom is -0.335 e. The molecule has 0 spiro atoms. The van der Waals surface area contributed by atoms with Gasteiger partial charge in [-0.3, -0.25) is 9.59 Å². The highest BCUT2D eigenvalue weighted by molar-refractivity contribution is 8.02. The second-order valence-electron chi connectivity index (χ2n) is 6.54. The van der Waals surface area contributed by atoms with E-state index in [4.69, 9.17) is 0 Å². The largest absolute Gasteiger partial charge is 0.335 e. The molecule has 32 heavy (non-hydrogen) atoms. The van der Waals surface area contributed by atoms with Crippen molar-refractivity contribution >= 4 is 46.7 Å². The Bertz CT molecular complexity index is 1040. The van der Waals surface area contributed by atoms with E-state index in [-0.39, 0.29) is 11.6 Å². The molecule has 0 fully saturated rings. The van der Waals surface area contributed by atoms with Crippen LogP contribution in [-0.2, 0) is 0 Å². The van der Waals surface area contributed by atoms with Crippen LogP contribution >= 0.6 is 23.5 Å². The maximum atomic E-state index is 12.5. The number of ketones is 2. The van der Waals surface area contributed by atoms with E-state index in [2.05, 4.69) is 15.6 Å². The number of nitrogens with zero attached hydrogens (tertiary/aromatic N) is 1. The van der Waals surface area contributed by atoms with Crippen molar-refractivity contribution in [2.24, 2.45) is 0 Å². The number of carbonyl (C=O) groups is 2. The molecule has 0 saturated carbocycles. The van der Waals surface area contributed by atoms with Crippen molar-refractivity contribution in [2.75, 3.05) is 23.1 Å². The summed E-state index contributed by atoms with van der Waals surface area (Å²) in [5.74, 6) is 1.02. The number of anilines is 2. The van der Waals surface area contributed by atoms with Crippen molar-refractivity contribution in [1.29, 1.82) is 0 Å². The Morgan fingerprint density at radius 3 is 1.44 bits per heavy atom. The fourth-order valence-corrected chi connectivity index (χ4v) is 3.59. The Labute approximate surface area is 196 Å². The van der Waals surface area contributed by atoms with Gasteiger partial charge in [-0.15, -0.1) is 23.5 Å². The fraction of sp³-hybridized carbons (Fsp3) is 0.0800. The normalized spacial score (nSPS) is 11.7. The summed E-state index contributed by atoms with van der Waals surface area (Å²) < 4.78 is 0. The number of carbonyl (C=O) groups excluding carboxylic acids is 2. The lowest BCUT2D eigenvalue weighted by Gasteiger charge is -2.11. The first-order valence-corrected chi connectivity index (χ1v) is 12.2. The van der Waals surface area contributed by atoms with Gasteiger partial charge in [-0.2, -0.15) is 0 Å². The van der Waals surface area contributed by atoms with Crippen molar-refractivity contribution in [3.63, 3.8) is 0 Å². The van der Waals surface area contributed by atoms with Gasteiger partial charge in [-0.1, -0.05) is 66.7 Å². The smallest absolute Gasteiger partial charge is 0.188 e. The summed E-state index contributed by atoms with van der Waals surface area (Å²) in [6.07, 6.45) is 6.91. The van der Waals surface area contributed by atoms with Gasteiger partial charge < -0.3 is 10.6 Å². The summed E-state index contributed by atoms with van der Waals surface area (Å²) in [7, 11) is 0. The number of rotatable bonds is 10. The lowest BCUT2D eigenvalue weighted by Crippen LogP contribution is -2.05. The average molecular weight is 462 g/mol. The van der Waals surface area contributed by atoms with Gasteiger partial charge >= 0.3 is 0 Å². The van der Waals surface area contributed by atoms with Crippen LogP contribution in [0, 0.1) is 0 Å². The first-order chi connectivity index (χ1) is 15.6. The summed E-state index contributed by atoms with van der Waals surface area (Å²) >= 11 is 2.85. The van der Waals surface area contributed by atoms with Crippen molar-refractivity contribution < 1.29 is 9.59 Å². The SMILES string of the molecule is CS/C(=C/C(=O)c1ccccc1)Nc1cccc(N/C(=C\C(=O)c2ccccc2)SC)n1. The zero-order valence-corrected chi connectivity index (χ0v) is 19.4. The molecule has 0 unspecified atom stereocenters. The number of hydrogen-bond acceptors (Lipinski definition) is 7. The molecule has 0 aliphatic carbocycles. The van der Waals surface area contributed by atoms with E-state index in [1.165, 1.54) is 23.5 Å². The van der Waals surface area contributed by atoms with Crippen molar-refractivity contribution in [1.82, 2.24) is 4.98 Å². The minimum absolute atomic E-state index is 0.0799. The molecule has 0 saturated heterocycles. The number of hydrogen-bond donors (Lipinski definition) is 2. The summed E-state index contributed by atoms with van der Waals surface area (Å²) in [5, 5.41) is 7.74. The van der Waals surface area contributed by atoms with Crippen LogP contribution in [0.2, 0.25) is 0 Å². The van der Waals surface area contributed by atoms with E-state index in [0.717, 1.165) is 0 Å². The molecule has 1 heterocycles. The molecule has 3 aromatic rings. The number of aromatic nitrogens is 1. The van der Waals surface area contributed by atoms with Crippen LogP contribution in [0.1, 0.15) is 20.7 Å². The maximum absolute atomic E-state index is 12.5. The van der Waals surface area contributed by atoms with E-state index in [0.29, 0.717) is 32.8 Å². The third-order valence-corrected chi connectivity index (χ3v) is 5.65. The highest BCUT2D eigenvalue weighted by Gasteiger charge is 2.08. The van der Waals surface area contributed by atoms with Crippen LogP contribution < -0.4 is 10.6 Å². The second kappa shape index (κ2) is 11.9. The van der Waals surface area contributed by atoms with Crippen molar-refractivity contribution in [2.45, 2.75) is 0 Å². The second-order valence-corrected chi connectivity index (χ2v) is 8.24. The molecular weight excluding hydrogens is 438 g/mol. The van der Waals surface area contributed by atoms with Gasteiger partial charge in [-0.05, 0) is 24.6 Å². The van der Waals surface area contributed by atoms with Crippen LogP contribution in [0.5, 0.6) is 0 Å². The Morgan fingerprint density at radius 2 is 1.06 bits per heavy atom. The Balaban J connectivity index is 1.72. The van der Waals surface area contributed by atoms with Gasteiger partial charge in [0, 0.05) is 23.3 Å². The van der Waals surface area contributed by atoms with Gasteiger partial charge in [0.25, 0.3) is 0 Å². The Morgan fingerprint density at radius 1 is 0.656 bits per heavy atom. The molecule has 7 heteroatoms. The van der Waals surface area contributed by atoms with Crippen LogP contribution in [0.4, 0.5) is 11.6 Å². The number of nitrogens with one attached hydrogen (secondary N) is 2. The number of pyridine rings is 1. The van der Waals surface area contributed by atoms with E-state index in [9.17, 15) is 9.59 Å². The number of allylic oxidation sites excluding steroid dienone is 2. The predicted octanol–water partition coefficient (Wildman–Crippen LogP) is 6.08. The van der Waals surface area contributed by atoms with Gasteiger partial charge in [-0.25, -0.2) is 4.98 Å². The highest BCUT2D eigenvalue weighted by Crippen LogP contribution is 2.21. The maximum Gasteiger partial charge on any atom is 0.188 e. The van der Waals surface area contributed by atoms with Crippen LogP contribution in [0.15, 0.2) is 101 Å². The summed E-state index contributed by atoms with van der Waals surface area (Å²) in [6, 6.07) is 23.7. The van der Waals surface area contributed by atoms with Crippen LogP contribution in [0.3, 0.4) is 0 Å². The first kappa shape index (κ1) is 23.4. The quantitative estimate of drug-likeness (QED) is 0.280. The van der Waals surface area contributed by atoms with Crippen LogP contribution in [0.25, 0.3) is 0 Å². The Kier molecular flexibility index (Phi) is 8.71. The molecule has 2 N–H and O–H groups in total. The summed E-state index contributed by atoms with van der Waals surface area (Å²) in [5.41, 5.74) is 1.25. The third-order valence-electron chi connectivity index (χ3n) is 4.33. The molecule has 0 atom stereocenters. The van der Waals surface area contributed by atoms with Gasteiger partial charge in [0.05, 0.1) is 10.1 Å². The Hall–Kier alpha value is -3.29. The molecule has 0 aliphatic rings. The highest BCUT2D eigenvalue weighted by atomic mass is 32.2. The van der Waals surface area contributed by atoms with Gasteiger partial charge in [0.2, 0.25) is 0 Å². The molecule has 5 nitrogen and oxygen atoms in total. The van der Waals surface area contributed by atoms with E-state index in [1.807, 2.05) is 67.1 Å². The molecule has 162 valence electrons. The lowest BCUT2D eigenvalue weighted by molar-refractivity contribution is 0.103. The molecule has 0 amide bonds. The molecular formula is C25H23N3O2S2. The van der Waals surface area contributed by atoms with E-state index < -0.39 is 0 Å². The zero-order valence-electron chi connectivity index (χ0n) is 17.7. The first-order valence-electron chi connectivity index (χ1n) is 9.80. The fourth-order valence-electron chi connectivity index (χ4n) is 2.73. The zero-order chi connectivity index (χ0) is 22.8. The van der Waals surface area contributed by atoms with Crippen molar-refractivity contribution in [3.05, 3.63) is 112 Å². The van der Waals surface area contributed by atoms with E-state index in [1.54, 1.807) is 36.4 Å². The van der Waals surface area contributed by atoms with Gasteiger partial charge in [0.15, 0.2) is 11.6 Å². The standard InChI is InChI=1S/C25H23N3O2S2/c1-31-24(16-20(29)18-10-5-3-6-11-18)27-22-14-9-15-23(26-22)28-25(32-2)17-21(30)19-12-7-4-8-13-19/h3-17H,1-2H3,(H2,26,27,28)/b24-16+,25-17+. The van der Waals surface area contributed by atoms with Gasteiger partial charge in [0.1, 0.15) is 11.6 Å². The monoisotopic (exact) mass is 461 g/mol. The topological polar surface area (TPSA) is 71.1 Å². The summed E-state index contributed by atoms with van der Waals surface area (Å²) in [6.45, 7) is 0. The molecule has 0 bridgehead atoms. The lowest BCUT2D eigenvalue weighted by atomic mass is 10.1. The molecule has 0 aliphatic heterocycles. The van der Waals surface area contributed by atoms with E-state index >= 15 is 0 Å². The van der Waals surface area contributed by atoms with Crippen molar-refractivity contribution in [3.8, 4) is 0 Å². The predicted molar refractivity (Wildman–Crippen MR) is 136 cm³/mol. The molecule has 3 rings (SSSR count). The third kappa shape index (κ3) is 6.87.